The van der Waals surface area contributed by atoms with Crippen LogP contribution < -0.4 is 5.32 Å². The Balaban J connectivity index is 2.11. The maximum Gasteiger partial charge on any atom is 0.327 e. The molecule has 2 amide bonds. The summed E-state index contributed by atoms with van der Waals surface area (Å²) in [5, 5.41) is 11.3. The van der Waals surface area contributed by atoms with Gasteiger partial charge in [0.2, 0.25) is 0 Å². The van der Waals surface area contributed by atoms with Gasteiger partial charge in [-0.15, -0.1) is 0 Å². The molecule has 0 bridgehead atoms. The van der Waals surface area contributed by atoms with Crippen LogP contribution in [-0.4, -0.2) is 51.0 Å². The molecule has 126 valence electrons. The number of hydrogen-bond acceptors (Lipinski definition) is 6. The monoisotopic (exact) mass is 382 g/mol. The molecule has 0 saturated carbocycles. The number of hydrogen-bond donors (Lipinski definition) is 3. The number of benzene rings is 1. The van der Waals surface area contributed by atoms with Gasteiger partial charge in [0.05, 0.1) is 4.91 Å². The second-order valence-corrected chi connectivity index (χ2v) is 6.95. The van der Waals surface area contributed by atoms with Gasteiger partial charge in [0.25, 0.3) is 11.8 Å². The van der Waals surface area contributed by atoms with E-state index >= 15 is 0 Å². The highest BCUT2D eigenvalue weighted by Crippen LogP contribution is 2.31. The van der Waals surface area contributed by atoms with Crippen LogP contribution >= 0.6 is 36.6 Å². The predicted molar refractivity (Wildman–Crippen MR) is 100 cm³/mol. The van der Waals surface area contributed by atoms with Gasteiger partial charge in [-0.25, -0.2) is 4.79 Å². The van der Waals surface area contributed by atoms with Gasteiger partial charge in [0.15, 0.2) is 0 Å². The number of carboxylic acids is 1. The maximum atomic E-state index is 12.0. The zero-order valence-corrected chi connectivity index (χ0v) is 15.1. The Labute approximate surface area is 153 Å². The zero-order chi connectivity index (χ0) is 17.9. The molecule has 0 aromatic heterocycles. The van der Waals surface area contributed by atoms with Crippen molar-refractivity contribution in [3.05, 3.63) is 40.3 Å². The third kappa shape index (κ3) is 4.16. The first-order chi connectivity index (χ1) is 11.3. The number of thiocarbonyl (C=S) groups is 1. The Kier molecular flexibility index (Phi) is 6.03. The van der Waals surface area contributed by atoms with Crippen LogP contribution in [0.15, 0.2) is 29.2 Å². The minimum absolute atomic E-state index is 0.00197. The molecule has 1 heterocycles. The van der Waals surface area contributed by atoms with E-state index in [1.165, 1.54) is 16.7 Å². The van der Waals surface area contributed by atoms with Crippen LogP contribution in [0.4, 0.5) is 0 Å². The van der Waals surface area contributed by atoms with Gasteiger partial charge in [0, 0.05) is 18.4 Å². The number of thioether (sulfide) groups is 1. The molecule has 6 nitrogen and oxygen atoms in total. The number of carbonyl (C=O) groups excluding carboxylic acids is 2. The summed E-state index contributed by atoms with van der Waals surface area (Å²) in [7, 11) is 1.62. The van der Waals surface area contributed by atoms with Crippen molar-refractivity contribution in [1.29, 1.82) is 0 Å². The second kappa shape index (κ2) is 7.82. The predicted octanol–water partition coefficient (Wildman–Crippen LogP) is 1.63. The van der Waals surface area contributed by atoms with Crippen molar-refractivity contribution in [3.63, 3.8) is 0 Å². The molecule has 1 aromatic carbocycles. The van der Waals surface area contributed by atoms with Crippen molar-refractivity contribution in [2.24, 2.45) is 0 Å². The lowest BCUT2D eigenvalue weighted by Gasteiger charge is -2.11. The molecule has 1 aliphatic heterocycles. The first-order valence-electron chi connectivity index (χ1n) is 6.79. The fourth-order valence-electron chi connectivity index (χ4n) is 1.85. The van der Waals surface area contributed by atoms with E-state index < -0.39 is 17.9 Å². The summed E-state index contributed by atoms with van der Waals surface area (Å²) in [6, 6.07) is 5.42. The fourth-order valence-corrected chi connectivity index (χ4v) is 3.28. The van der Waals surface area contributed by atoms with Crippen molar-refractivity contribution < 1.29 is 19.5 Å². The molecule has 1 aliphatic rings. The lowest BCUT2D eigenvalue weighted by Crippen LogP contribution is -2.42. The standard InChI is InChI=1S/C15H14N2O4S3/c1-17-13(19)11(24-15(17)23)6-8-2-4-9(5-3-8)12(18)16-10(7-22)14(20)21/h2-6,10,22H,7H2,1H3,(H,16,18)(H,20,21)/b11-6+. The molecule has 24 heavy (non-hydrogen) atoms. The van der Waals surface area contributed by atoms with Gasteiger partial charge in [0.1, 0.15) is 10.4 Å². The maximum absolute atomic E-state index is 12.0. The van der Waals surface area contributed by atoms with E-state index in [-0.39, 0.29) is 11.7 Å². The van der Waals surface area contributed by atoms with Gasteiger partial charge in [-0.1, -0.05) is 36.1 Å². The van der Waals surface area contributed by atoms with Gasteiger partial charge in [-0.05, 0) is 23.8 Å². The van der Waals surface area contributed by atoms with E-state index in [1.54, 1.807) is 37.4 Å². The molecule has 0 radical (unpaired) electrons. The molecule has 1 saturated heterocycles. The Hall–Kier alpha value is -1.84. The smallest absolute Gasteiger partial charge is 0.327 e. The van der Waals surface area contributed by atoms with E-state index in [2.05, 4.69) is 17.9 Å². The van der Waals surface area contributed by atoms with E-state index in [0.717, 1.165) is 5.56 Å². The molecule has 2 rings (SSSR count). The number of nitrogens with one attached hydrogen (secondary N) is 1. The number of aliphatic carboxylic acids is 1. The normalized spacial score (nSPS) is 17.2. The number of carbonyl (C=O) groups is 3. The summed E-state index contributed by atoms with van der Waals surface area (Å²) in [6.45, 7) is 0. The third-order valence-electron chi connectivity index (χ3n) is 3.24. The highest BCUT2D eigenvalue weighted by molar-refractivity contribution is 8.26. The minimum atomic E-state index is -1.14. The molecule has 2 N–H and O–H groups in total. The van der Waals surface area contributed by atoms with Crippen molar-refractivity contribution in [3.8, 4) is 0 Å². The average molecular weight is 382 g/mol. The van der Waals surface area contributed by atoms with Crippen molar-refractivity contribution in [1.82, 2.24) is 10.2 Å². The van der Waals surface area contributed by atoms with Crippen LogP contribution in [0.3, 0.4) is 0 Å². The van der Waals surface area contributed by atoms with Crippen molar-refractivity contribution in [2.45, 2.75) is 6.04 Å². The number of thiol groups is 1. The lowest BCUT2D eigenvalue weighted by atomic mass is 10.1. The Morgan fingerprint density at radius 3 is 2.50 bits per heavy atom. The Bertz CT molecular complexity index is 731. The second-order valence-electron chi connectivity index (χ2n) is 4.91. The summed E-state index contributed by atoms with van der Waals surface area (Å²) in [5.74, 6) is -1.80. The number of carboxylic acid groups (broad SMARTS) is 1. The number of likely N-dealkylation sites (N-methyl/N-ethyl adjacent to an activating group) is 1. The highest BCUT2D eigenvalue weighted by Gasteiger charge is 2.28. The van der Waals surface area contributed by atoms with Gasteiger partial charge < -0.3 is 10.4 Å². The molecule has 1 aromatic rings. The quantitative estimate of drug-likeness (QED) is 0.408. The molecule has 0 spiro atoms. The summed E-state index contributed by atoms with van der Waals surface area (Å²) in [5.41, 5.74) is 1.06. The number of rotatable bonds is 5. The van der Waals surface area contributed by atoms with Crippen molar-refractivity contribution in [2.75, 3.05) is 12.8 Å². The van der Waals surface area contributed by atoms with E-state index in [0.29, 0.717) is 14.8 Å². The number of amides is 2. The van der Waals surface area contributed by atoms with Crippen LogP contribution in [0, 0.1) is 0 Å². The first-order valence-corrected chi connectivity index (χ1v) is 8.65. The Morgan fingerprint density at radius 1 is 1.42 bits per heavy atom. The van der Waals surface area contributed by atoms with Crippen LogP contribution in [0.25, 0.3) is 6.08 Å². The van der Waals surface area contributed by atoms with Gasteiger partial charge in [-0.2, -0.15) is 12.6 Å². The first kappa shape index (κ1) is 18.5. The van der Waals surface area contributed by atoms with Crippen LogP contribution in [0.1, 0.15) is 15.9 Å². The highest BCUT2D eigenvalue weighted by atomic mass is 32.2. The van der Waals surface area contributed by atoms with E-state index in [9.17, 15) is 14.4 Å². The average Bonchev–Trinajstić information content (AvgIpc) is 2.79. The lowest BCUT2D eigenvalue weighted by molar-refractivity contribution is -0.138. The van der Waals surface area contributed by atoms with Gasteiger partial charge in [-0.3, -0.25) is 14.5 Å². The molecular weight excluding hydrogens is 368 g/mol. The zero-order valence-electron chi connectivity index (χ0n) is 12.6. The van der Waals surface area contributed by atoms with E-state index in [4.69, 9.17) is 17.3 Å². The summed E-state index contributed by atoms with van der Waals surface area (Å²) >= 11 is 10.2. The van der Waals surface area contributed by atoms with Crippen LogP contribution in [0.5, 0.6) is 0 Å². The Morgan fingerprint density at radius 2 is 2.04 bits per heavy atom. The molecule has 1 fully saturated rings. The molecular formula is C15H14N2O4S3. The third-order valence-corrected chi connectivity index (χ3v) is 5.09. The summed E-state index contributed by atoms with van der Waals surface area (Å²) in [4.78, 5) is 36.8. The summed E-state index contributed by atoms with van der Waals surface area (Å²) in [6.07, 6.45) is 1.69. The minimum Gasteiger partial charge on any atom is -0.480 e. The molecule has 1 unspecified atom stereocenters. The van der Waals surface area contributed by atoms with Crippen molar-refractivity contribution >= 4 is 64.8 Å². The number of nitrogens with zero attached hydrogens (tertiary/aromatic N) is 1. The molecule has 1 atom stereocenters. The van der Waals surface area contributed by atoms with Crippen LogP contribution in [0.2, 0.25) is 0 Å². The topological polar surface area (TPSA) is 86.7 Å². The summed E-state index contributed by atoms with van der Waals surface area (Å²) < 4.78 is 0.494. The van der Waals surface area contributed by atoms with Crippen LogP contribution in [-0.2, 0) is 9.59 Å². The van der Waals surface area contributed by atoms with Gasteiger partial charge >= 0.3 is 5.97 Å². The van der Waals surface area contributed by atoms with E-state index in [1.807, 2.05) is 0 Å². The fraction of sp³-hybridized carbons (Fsp3) is 0.200. The SMILES string of the molecule is CN1C(=O)/C(=C\c2ccc(C(=O)NC(CS)C(=O)O)cc2)SC1=S. The molecule has 9 heteroatoms. The molecule has 0 aliphatic carbocycles. The largest absolute Gasteiger partial charge is 0.480 e.